The number of aryl methyl sites for hydroxylation is 1. The molecule has 3 heterocycles. The number of unbranched alkanes of at least 4 members (excludes halogenated alkanes) is 1. The molecule has 134 valence electrons. The molecule has 0 bridgehead atoms. The summed E-state index contributed by atoms with van der Waals surface area (Å²) in [6, 6.07) is 7.47. The van der Waals surface area contributed by atoms with Gasteiger partial charge in [0.1, 0.15) is 0 Å². The third-order valence-electron chi connectivity index (χ3n) is 4.93. The van der Waals surface area contributed by atoms with Crippen LogP contribution in [0.1, 0.15) is 66.8 Å². The third kappa shape index (κ3) is 3.55. The summed E-state index contributed by atoms with van der Waals surface area (Å²) in [4.78, 5) is 25.4. The molecule has 0 aliphatic carbocycles. The Labute approximate surface area is 148 Å². The highest BCUT2D eigenvalue weighted by molar-refractivity contribution is 6.07. The fourth-order valence-corrected chi connectivity index (χ4v) is 3.49. The Kier molecular flexibility index (Phi) is 5.41. The zero-order valence-corrected chi connectivity index (χ0v) is 15.0. The van der Waals surface area contributed by atoms with E-state index in [4.69, 9.17) is 4.74 Å². The van der Waals surface area contributed by atoms with Crippen LogP contribution < -0.4 is 0 Å². The summed E-state index contributed by atoms with van der Waals surface area (Å²) in [6.07, 6.45) is 6.47. The number of ether oxygens (including phenoxy) is 1. The number of rotatable bonds is 6. The molecule has 0 fully saturated rings. The van der Waals surface area contributed by atoms with Gasteiger partial charge >= 0.3 is 5.97 Å². The van der Waals surface area contributed by atoms with Crippen LogP contribution in [0.5, 0.6) is 0 Å². The minimum atomic E-state index is -0.269. The van der Waals surface area contributed by atoms with Gasteiger partial charge in [-0.1, -0.05) is 19.8 Å². The highest BCUT2D eigenvalue weighted by atomic mass is 16.5. The van der Waals surface area contributed by atoms with Gasteiger partial charge in [-0.15, -0.1) is 0 Å². The smallest absolute Gasteiger partial charge is 0.314 e. The van der Waals surface area contributed by atoms with Gasteiger partial charge in [-0.3, -0.25) is 9.59 Å². The first-order valence-electron chi connectivity index (χ1n) is 9.15. The third-order valence-corrected chi connectivity index (χ3v) is 4.93. The predicted octanol–water partition coefficient (Wildman–Crippen LogP) is 3.67. The summed E-state index contributed by atoms with van der Waals surface area (Å²) in [5.74, 6) is -0.430. The molecule has 0 amide bonds. The number of nitrogens with zero attached hydrogens (tertiary/aromatic N) is 2. The maximum Gasteiger partial charge on any atom is 0.314 e. The second kappa shape index (κ2) is 7.72. The van der Waals surface area contributed by atoms with Crippen LogP contribution in [-0.2, 0) is 23.1 Å². The lowest BCUT2D eigenvalue weighted by Gasteiger charge is -2.16. The van der Waals surface area contributed by atoms with Crippen LogP contribution in [-0.4, -0.2) is 27.5 Å². The lowest BCUT2D eigenvalue weighted by atomic mass is 10.00. The normalized spacial score (nSPS) is 17.0. The van der Waals surface area contributed by atoms with Crippen LogP contribution in [0, 0.1) is 0 Å². The molecular weight excluding hydrogens is 316 g/mol. The molecule has 25 heavy (non-hydrogen) atoms. The average Bonchev–Trinajstić information content (AvgIpc) is 3.15. The molecule has 1 aliphatic rings. The molecule has 5 nitrogen and oxygen atoms in total. The quantitative estimate of drug-likeness (QED) is 0.457. The maximum atomic E-state index is 12.9. The number of esters is 1. The van der Waals surface area contributed by atoms with Crippen molar-refractivity contribution in [1.29, 1.82) is 0 Å². The molecule has 3 rings (SSSR count). The lowest BCUT2D eigenvalue weighted by Crippen LogP contribution is -2.20. The lowest BCUT2D eigenvalue weighted by molar-refractivity contribution is -0.145. The Hall–Kier alpha value is -2.30. The van der Waals surface area contributed by atoms with Gasteiger partial charge in [0.05, 0.1) is 23.9 Å². The van der Waals surface area contributed by atoms with E-state index in [9.17, 15) is 9.59 Å². The summed E-state index contributed by atoms with van der Waals surface area (Å²) in [5, 5.41) is 0. The van der Waals surface area contributed by atoms with Crippen LogP contribution in [0.4, 0.5) is 0 Å². The molecular formula is C20H26N2O3. The molecule has 1 aliphatic heterocycles. The summed E-state index contributed by atoms with van der Waals surface area (Å²) in [6.45, 7) is 3.32. The summed E-state index contributed by atoms with van der Waals surface area (Å²) < 4.78 is 9.30. The second-order valence-corrected chi connectivity index (χ2v) is 6.70. The Balaban J connectivity index is 1.87. The number of ketones is 1. The second-order valence-electron chi connectivity index (χ2n) is 6.70. The van der Waals surface area contributed by atoms with Crippen molar-refractivity contribution in [2.45, 2.75) is 51.5 Å². The van der Waals surface area contributed by atoms with E-state index in [1.807, 2.05) is 46.6 Å². The maximum absolute atomic E-state index is 12.9. The van der Waals surface area contributed by atoms with E-state index in [1.54, 1.807) is 0 Å². The Morgan fingerprint density at radius 1 is 1.20 bits per heavy atom. The standard InChI is InChI=1S/C20H26N2O3/c1-3-4-14-25-20(24)15-8-5-6-13-22-16(15)10-11-18(22)19(23)17-9-7-12-21(17)2/h7,9-12,15H,3-6,8,13-14H2,1-2H3. The first-order valence-corrected chi connectivity index (χ1v) is 9.15. The van der Waals surface area contributed by atoms with Gasteiger partial charge in [-0.25, -0.2) is 0 Å². The van der Waals surface area contributed by atoms with Crippen molar-refractivity contribution in [2.75, 3.05) is 6.61 Å². The van der Waals surface area contributed by atoms with E-state index in [0.717, 1.165) is 44.3 Å². The number of aromatic nitrogens is 2. The van der Waals surface area contributed by atoms with Gasteiger partial charge in [0.15, 0.2) is 0 Å². The molecule has 1 atom stereocenters. The SMILES string of the molecule is CCCCOC(=O)C1CCCCn2c(C(=O)c3cccn3C)ccc21. The monoisotopic (exact) mass is 342 g/mol. The van der Waals surface area contributed by atoms with E-state index in [0.29, 0.717) is 18.0 Å². The summed E-state index contributed by atoms with van der Waals surface area (Å²) >= 11 is 0. The largest absolute Gasteiger partial charge is 0.465 e. The van der Waals surface area contributed by atoms with E-state index in [-0.39, 0.29) is 17.7 Å². The van der Waals surface area contributed by atoms with Gasteiger partial charge in [0, 0.05) is 25.5 Å². The molecule has 0 saturated carbocycles. The van der Waals surface area contributed by atoms with Crippen molar-refractivity contribution >= 4 is 11.8 Å². The van der Waals surface area contributed by atoms with Crippen molar-refractivity contribution in [2.24, 2.45) is 7.05 Å². The van der Waals surface area contributed by atoms with Gasteiger partial charge < -0.3 is 13.9 Å². The molecule has 5 heteroatoms. The van der Waals surface area contributed by atoms with Crippen molar-refractivity contribution < 1.29 is 14.3 Å². The topological polar surface area (TPSA) is 53.2 Å². The van der Waals surface area contributed by atoms with Crippen molar-refractivity contribution in [1.82, 2.24) is 9.13 Å². The molecule has 0 spiro atoms. The molecule has 2 aromatic heterocycles. The first-order chi connectivity index (χ1) is 12.1. The van der Waals surface area contributed by atoms with Crippen molar-refractivity contribution in [3.63, 3.8) is 0 Å². The number of fused-ring (bicyclic) bond motifs is 1. The van der Waals surface area contributed by atoms with E-state index < -0.39 is 0 Å². The predicted molar refractivity (Wildman–Crippen MR) is 95.7 cm³/mol. The fourth-order valence-electron chi connectivity index (χ4n) is 3.49. The molecule has 0 saturated heterocycles. The fraction of sp³-hybridized carbons (Fsp3) is 0.500. The number of hydrogen-bond acceptors (Lipinski definition) is 3. The molecule has 0 aromatic carbocycles. The van der Waals surface area contributed by atoms with Gasteiger partial charge in [0.2, 0.25) is 5.78 Å². The van der Waals surface area contributed by atoms with Gasteiger partial charge in [0.25, 0.3) is 0 Å². The van der Waals surface area contributed by atoms with E-state index in [2.05, 4.69) is 6.92 Å². The van der Waals surface area contributed by atoms with Crippen LogP contribution >= 0.6 is 0 Å². The van der Waals surface area contributed by atoms with Crippen LogP contribution in [0.2, 0.25) is 0 Å². The number of carbonyl (C=O) groups excluding carboxylic acids is 2. The number of carbonyl (C=O) groups is 2. The van der Waals surface area contributed by atoms with Crippen LogP contribution in [0.15, 0.2) is 30.5 Å². The Morgan fingerprint density at radius 2 is 2.04 bits per heavy atom. The minimum absolute atomic E-state index is 0.00116. The zero-order chi connectivity index (χ0) is 17.8. The van der Waals surface area contributed by atoms with Crippen molar-refractivity contribution in [3.8, 4) is 0 Å². The van der Waals surface area contributed by atoms with Gasteiger partial charge in [-0.2, -0.15) is 0 Å². The van der Waals surface area contributed by atoms with Crippen LogP contribution in [0.3, 0.4) is 0 Å². The average molecular weight is 342 g/mol. The van der Waals surface area contributed by atoms with Crippen molar-refractivity contribution in [3.05, 3.63) is 47.5 Å². The molecule has 0 N–H and O–H groups in total. The highest BCUT2D eigenvalue weighted by Gasteiger charge is 2.29. The summed E-state index contributed by atoms with van der Waals surface area (Å²) in [5.41, 5.74) is 2.23. The van der Waals surface area contributed by atoms with E-state index >= 15 is 0 Å². The first kappa shape index (κ1) is 17.5. The van der Waals surface area contributed by atoms with Gasteiger partial charge in [-0.05, 0) is 43.5 Å². The molecule has 0 radical (unpaired) electrons. The van der Waals surface area contributed by atoms with E-state index in [1.165, 1.54) is 0 Å². The number of hydrogen-bond donors (Lipinski definition) is 0. The zero-order valence-electron chi connectivity index (χ0n) is 15.0. The van der Waals surface area contributed by atoms with Crippen LogP contribution in [0.25, 0.3) is 0 Å². The Bertz CT molecular complexity index is 757. The Morgan fingerprint density at radius 3 is 2.76 bits per heavy atom. The highest BCUT2D eigenvalue weighted by Crippen LogP contribution is 2.30. The summed E-state index contributed by atoms with van der Waals surface area (Å²) in [7, 11) is 1.87. The molecule has 2 aromatic rings. The molecule has 1 unspecified atom stereocenters. The minimum Gasteiger partial charge on any atom is -0.465 e.